The number of likely N-dealkylation sites (tertiary alicyclic amines) is 2. The molecule has 1 aromatic rings. The van der Waals surface area contributed by atoms with Crippen molar-refractivity contribution in [2.75, 3.05) is 26.2 Å². The molecule has 2 heterocycles. The van der Waals surface area contributed by atoms with E-state index < -0.39 is 5.54 Å². The fraction of sp³-hybridized carbons (Fsp3) is 0.579. The van der Waals surface area contributed by atoms with Crippen molar-refractivity contribution in [2.24, 2.45) is 0 Å². The van der Waals surface area contributed by atoms with Crippen LogP contribution in [0.3, 0.4) is 0 Å². The van der Waals surface area contributed by atoms with Gasteiger partial charge in [-0.25, -0.2) is 0 Å². The van der Waals surface area contributed by atoms with Gasteiger partial charge in [0.15, 0.2) is 0 Å². The molecule has 0 bridgehead atoms. The van der Waals surface area contributed by atoms with Crippen molar-refractivity contribution >= 4 is 11.8 Å². The SMILES string of the molecule is CCc1ccccc1C(=O)N1CCCC12CCCN(CCO)C2=O. The molecule has 5 nitrogen and oxygen atoms in total. The summed E-state index contributed by atoms with van der Waals surface area (Å²) in [4.78, 5) is 29.8. The predicted molar refractivity (Wildman–Crippen MR) is 91.7 cm³/mol. The summed E-state index contributed by atoms with van der Waals surface area (Å²) in [6.45, 7) is 3.67. The number of rotatable bonds is 4. The Kier molecular flexibility index (Phi) is 4.90. The summed E-state index contributed by atoms with van der Waals surface area (Å²) < 4.78 is 0. The van der Waals surface area contributed by atoms with Crippen LogP contribution < -0.4 is 0 Å². The molecule has 2 fully saturated rings. The number of hydrogen-bond acceptors (Lipinski definition) is 3. The standard InChI is InChI=1S/C19H26N2O3/c1-2-15-7-3-4-8-16(15)17(23)21-12-6-10-19(21)9-5-11-20(13-14-22)18(19)24/h3-4,7-8,22H,2,5-6,9-14H2,1H3. The fourth-order valence-electron chi connectivity index (χ4n) is 4.24. The summed E-state index contributed by atoms with van der Waals surface area (Å²) in [5, 5.41) is 9.21. The third kappa shape index (κ3) is 2.71. The second-order valence-electron chi connectivity index (χ2n) is 6.72. The zero-order valence-electron chi connectivity index (χ0n) is 14.3. The number of hydrogen-bond donors (Lipinski definition) is 1. The van der Waals surface area contributed by atoms with E-state index in [2.05, 4.69) is 0 Å². The van der Waals surface area contributed by atoms with Crippen LogP contribution in [-0.4, -0.2) is 58.5 Å². The summed E-state index contributed by atoms with van der Waals surface area (Å²) in [7, 11) is 0. The van der Waals surface area contributed by atoms with Gasteiger partial charge in [-0.15, -0.1) is 0 Å². The molecular weight excluding hydrogens is 304 g/mol. The van der Waals surface area contributed by atoms with Crippen molar-refractivity contribution in [1.82, 2.24) is 9.80 Å². The summed E-state index contributed by atoms with van der Waals surface area (Å²) in [5.41, 5.74) is 1.04. The largest absolute Gasteiger partial charge is 0.395 e. The molecule has 2 aliphatic rings. The molecule has 1 spiro atoms. The Morgan fingerprint density at radius 2 is 1.92 bits per heavy atom. The highest BCUT2D eigenvalue weighted by atomic mass is 16.3. The Balaban J connectivity index is 1.92. The number of aryl methyl sites for hydroxylation is 1. The van der Waals surface area contributed by atoms with Crippen LogP contribution in [0.1, 0.15) is 48.5 Å². The minimum absolute atomic E-state index is 0.0163. The number of β-amino-alcohol motifs (C(OH)–C–C–N with tert-alkyl or cyclic N) is 1. The van der Waals surface area contributed by atoms with Crippen molar-refractivity contribution in [1.29, 1.82) is 0 Å². The lowest BCUT2D eigenvalue weighted by Gasteiger charge is -2.44. The fourth-order valence-corrected chi connectivity index (χ4v) is 4.24. The number of benzene rings is 1. The summed E-state index contributed by atoms with van der Waals surface area (Å²) >= 11 is 0. The first-order chi connectivity index (χ1) is 11.6. The first kappa shape index (κ1) is 17.0. The monoisotopic (exact) mass is 330 g/mol. The molecule has 1 N–H and O–H groups in total. The Morgan fingerprint density at radius 3 is 2.62 bits per heavy atom. The molecule has 2 saturated heterocycles. The minimum atomic E-state index is -0.703. The van der Waals surface area contributed by atoms with Gasteiger partial charge in [0.2, 0.25) is 5.91 Å². The molecule has 2 amide bonds. The van der Waals surface area contributed by atoms with Crippen molar-refractivity contribution in [3.63, 3.8) is 0 Å². The first-order valence-electron chi connectivity index (χ1n) is 8.94. The van der Waals surface area contributed by atoms with Gasteiger partial charge in [0, 0.05) is 25.2 Å². The third-order valence-electron chi connectivity index (χ3n) is 5.44. The number of carbonyl (C=O) groups is 2. The van der Waals surface area contributed by atoms with Crippen LogP contribution in [0.5, 0.6) is 0 Å². The van der Waals surface area contributed by atoms with Crippen LogP contribution >= 0.6 is 0 Å². The van der Waals surface area contributed by atoms with E-state index in [1.807, 2.05) is 36.1 Å². The van der Waals surface area contributed by atoms with E-state index in [1.165, 1.54) is 0 Å². The maximum absolute atomic E-state index is 13.2. The van der Waals surface area contributed by atoms with Crippen molar-refractivity contribution in [3.8, 4) is 0 Å². The summed E-state index contributed by atoms with van der Waals surface area (Å²) in [5.74, 6) is -0.00761. The van der Waals surface area contributed by atoms with Crippen LogP contribution in [-0.2, 0) is 11.2 Å². The van der Waals surface area contributed by atoms with E-state index >= 15 is 0 Å². The predicted octanol–water partition coefficient (Wildman–Crippen LogP) is 1.84. The van der Waals surface area contributed by atoms with E-state index in [-0.39, 0.29) is 18.4 Å². The average molecular weight is 330 g/mol. The number of amides is 2. The highest BCUT2D eigenvalue weighted by molar-refractivity contribution is 6.01. The molecule has 0 radical (unpaired) electrons. The van der Waals surface area contributed by atoms with Gasteiger partial charge in [-0.1, -0.05) is 25.1 Å². The molecule has 0 aliphatic carbocycles. The summed E-state index contributed by atoms with van der Waals surface area (Å²) in [6, 6.07) is 7.68. The molecular formula is C19H26N2O3. The maximum atomic E-state index is 13.2. The van der Waals surface area contributed by atoms with Gasteiger partial charge < -0.3 is 14.9 Å². The van der Waals surface area contributed by atoms with Gasteiger partial charge in [0.1, 0.15) is 5.54 Å². The van der Waals surface area contributed by atoms with Gasteiger partial charge in [-0.2, -0.15) is 0 Å². The normalized spacial score (nSPS) is 24.0. The number of nitrogens with zero attached hydrogens (tertiary/aromatic N) is 2. The Labute approximate surface area is 143 Å². The van der Waals surface area contributed by atoms with Crippen LogP contribution in [0.4, 0.5) is 0 Å². The topological polar surface area (TPSA) is 60.9 Å². The van der Waals surface area contributed by atoms with E-state index in [0.29, 0.717) is 25.2 Å². The molecule has 1 aromatic carbocycles. The molecule has 0 aromatic heterocycles. The first-order valence-corrected chi connectivity index (χ1v) is 8.94. The Morgan fingerprint density at radius 1 is 1.21 bits per heavy atom. The van der Waals surface area contributed by atoms with Gasteiger partial charge in [-0.3, -0.25) is 9.59 Å². The molecule has 0 saturated carbocycles. The lowest BCUT2D eigenvalue weighted by atomic mass is 9.84. The third-order valence-corrected chi connectivity index (χ3v) is 5.44. The van der Waals surface area contributed by atoms with Gasteiger partial charge in [0.25, 0.3) is 5.91 Å². The van der Waals surface area contributed by atoms with Gasteiger partial charge in [0.05, 0.1) is 6.61 Å². The quantitative estimate of drug-likeness (QED) is 0.916. The molecule has 1 atom stereocenters. The number of piperidine rings is 1. The van der Waals surface area contributed by atoms with Crippen LogP contribution in [0, 0.1) is 0 Å². The molecule has 2 aliphatic heterocycles. The number of aliphatic hydroxyl groups is 1. The van der Waals surface area contributed by atoms with Gasteiger partial charge >= 0.3 is 0 Å². The van der Waals surface area contributed by atoms with E-state index in [4.69, 9.17) is 0 Å². The average Bonchev–Trinajstić information content (AvgIpc) is 3.03. The maximum Gasteiger partial charge on any atom is 0.255 e. The van der Waals surface area contributed by atoms with Crippen molar-refractivity contribution in [2.45, 2.75) is 44.6 Å². The lowest BCUT2D eigenvalue weighted by molar-refractivity contribution is -0.146. The second-order valence-corrected chi connectivity index (χ2v) is 6.72. The molecule has 5 heteroatoms. The number of aliphatic hydroxyl groups excluding tert-OH is 1. The molecule has 3 rings (SSSR count). The molecule has 1 unspecified atom stereocenters. The Bertz CT molecular complexity index is 629. The van der Waals surface area contributed by atoms with E-state index in [1.54, 1.807) is 4.90 Å². The van der Waals surface area contributed by atoms with Gasteiger partial charge in [-0.05, 0) is 43.7 Å². The highest BCUT2D eigenvalue weighted by Crippen LogP contribution is 2.39. The van der Waals surface area contributed by atoms with E-state index in [9.17, 15) is 14.7 Å². The van der Waals surface area contributed by atoms with Crippen LogP contribution in [0.2, 0.25) is 0 Å². The Hall–Kier alpha value is -1.88. The van der Waals surface area contributed by atoms with Crippen molar-refractivity contribution < 1.29 is 14.7 Å². The minimum Gasteiger partial charge on any atom is -0.395 e. The lowest BCUT2D eigenvalue weighted by Crippen LogP contribution is -2.61. The molecule has 24 heavy (non-hydrogen) atoms. The highest BCUT2D eigenvalue weighted by Gasteiger charge is 2.52. The van der Waals surface area contributed by atoms with Crippen molar-refractivity contribution in [3.05, 3.63) is 35.4 Å². The number of carbonyl (C=O) groups excluding carboxylic acids is 2. The zero-order valence-corrected chi connectivity index (χ0v) is 14.3. The van der Waals surface area contributed by atoms with Crippen LogP contribution in [0.25, 0.3) is 0 Å². The second kappa shape index (κ2) is 6.93. The smallest absolute Gasteiger partial charge is 0.255 e. The van der Waals surface area contributed by atoms with Crippen LogP contribution in [0.15, 0.2) is 24.3 Å². The summed E-state index contributed by atoms with van der Waals surface area (Å²) in [6.07, 6.45) is 4.00. The molecule has 130 valence electrons. The zero-order chi connectivity index (χ0) is 17.2. The van der Waals surface area contributed by atoms with E-state index in [0.717, 1.165) is 37.7 Å².